The summed E-state index contributed by atoms with van der Waals surface area (Å²) in [5.41, 5.74) is 54.8. The number of carboxylic acid groups (broad SMARTS) is 1. The Morgan fingerprint density at radius 2 is 0.634 bits per heavy atom. The zero-order chi connectivity index (χ0) is 94.1. The first-order valence-corrected chi connectivity index (χ1v) is 41.1. The number of carbonyl (C=O) groups is 21. The number of primary amides is 6. The van der Waals surface area contributed by atoms with Gasteiger partial charge in [-0.3, -0.25) is 101 Å². The van der Waals surface area contributed by atoms with Crippen LogP contribution >= 0.6 is 25.3 Å². The smallest absolute Gasteiger partial charge is 0.326 e. The first-order valence-electron chi connectivity index (χ1n) is 39.9. The van der Waals surface area contributed by atoms with Gasteiger partial charge >= 0.3 is 5.97 Å². The van der Waals surface area contributed by atoms with Gasteiger partial charge in [0.15, 0.2) is 5.96 Å². The first-order chi connectivity index (χ1) is 57.6. The fourth-order valence-corrected chi connectivity index (χ4v) is 12.0. The van der Waals surface area contributed by atoms with Crippen LogP contribution in [0.5, 0.6) is 0 Å². The summed E-state index contributed by atoms with van der Waals surface area (Å²) in [6.07, 6.45) is -4.26. The molecular weight excluding hydrogens is 1660 g/mol. The number of hydrogen-bond acceptors (Lipinski definition) is 28. The van der Waals surface area contributed by atoms with Gasteiger partial charge in [0.2, 0.25) is 118 Å². The molecule has 123 heavy (non-hydrogen) atoms. The van der Waals surface area contributed by atoms with Crippen molar-refractivity contribution in [3.63, 3.8) is 0 Å². The summed E-state index contributed by atoms with van der Waals surface area (Å²) in [5.74, 6) is -26.7. The van der Waals surface area contributed by atoms with Crippen molar-refractivity contribution in [2.45, 2.75) is 261 Å². The minimum absolute atomic E-state index is 0.000846. The molecular formula is C72H128N26O23S2. The van der Waals surface area contributed by atoms with Crippen molar-refractivity contribution in [2.75, 3.05) is 37.7 Å². The van der Waals surface area contributed by atoms with E-state index >= 15 is 0 Å². The topological polar surface area (TPSA) is 863 Å². The molecule has 0 aliphatic rings. The molecule has 0 heterocycles. The molecule has 0 spiro atoms. The average molecular weight is 1790 g/mol. The Kier molecular flexibility index (Phi) is 54.0. The Bertz CT molecular complexity index is 3640. The standard InChI is InChI=1S/C72H128N26O23S2/c1-7-35(6)56(70(119)97-55(34(4)5)69(118)89-39(15-12-26-84-72(82)83)59(108)87-40(17-21-50(77)101)61(110)90-42(71(120)121)19-23-52(79)103)98-62(111)41(18-22-51(78)102)88-67(116)47(31-122)96-65(114)45(29-54(81)105)92-64(113)44(28-53(80)104)93-66(115)46(30-99)94-68(117)48(32-123)95-63(112)43(27-33(2)3)91-60(109)38(14-9-11-25-74)86-58(107)37(13-8-10-24-73)85-57(106)36(75)16-20-49(76)100/h33-48,55-56,99,122-123H,7-32,73-75H2,1-6H3,(H2,76,100)(H2,77,101)(H2,78,102)(H2,79,103)(H2,80,104)(H2,81,105)(H,85,106)(H,86,107)(H,87,108)(H,88,116)(H,89,118)(H,90,110)(H,91,109)(H,92,113)(H,93,115)(H,94,117)(H,95,112)(H,96,114)(H,97,119)(H,98,111)(H,120,121)(H4,82,83,84)/t35-,36-,37-,38-,39-,40-,41-,42-,43-,44-,45-,46-,47-,48-,55-,56-/m0/s1. The van der Waals surface area contributed by atoms with Crippen LogP contribution in [0.2, 0.25) is 0 Å². The van der Waals surface area contributed by atoms with E-state index in [0.29, 0.717) is 25.7 Å². The number of unbranched alkanes of at least 4 members (excludes halogenated alkanes) is 2. The summed E-state index contributed by atoms with van der Waals surface area (Å²) in [6, 6.07) is -24.8. The Hall–Kier alpha value is -11.3. The number of guanidine groups is 1. The number of amides is 20. The highest BCUT2D eigenvalue weighted by Crippen LogP contribution is 2.16. The number of carboxylic acids is 1. The van der Waals surface area contributed by atoms with E-state index < -0.39 is 302 Å². The van der Waals surface area contributed by atoms with Crippen LogP contribution in [-0.4, -0.2) is 269 Å². The maximum absolute atomic E-state index is 14.5. The molecule has 0 aromatic heterocycles. The second-order valence-electron chi connectivity index (χ2n) is 29.9. The first kappa shape index (κ1) is 112. The molecule has 0 saturated heterocycles. The SMILES string of the molecule is CC[C@H](C)[C@H](NC(=O)[C@H](CCC(N)=O)NC(=O)[C@H](CS)NC(=O)[C@H](CC(N)=O)NC(=O)[C@H](CC(N)=O)NC(=O)[C@H](CO)NC(=O)[C@H](CS)NC(=O)[C@H](CC(C)C)NC(=O)[C@H](CCCCN)NC(=O)[C@H](CCCCN)NC(=O)[C@@H](N)CCC(N)=O)C(=O)N[C@H](C(=O)N[C@@H](CCCNC(=N)N)C(=O)N[C@@H](CCC(N)=O)C(=O)N[C@@H](CCC(N)=O)C(=O)O)C(C)C. The highest BCUT2D eigenvalue weighted by Gasteiger charge is 2.40. The third kappa shape index (κ3) is 45.4. The van der Waals surface area contributed by atoms with E-state index in [1.807, 2.05) is 0 Å². The third-order valence-electron chi connectivity index (χ3n) is 18.6. The predicted octanol–water partition coefficient (Wildman–Crippen LogP) is -11.9. The quantitative estimate of drug-likeness (QED) is 0.0116. The van der Waals surface area contributed by atoms with Gasteiger partial charge in [0.1, 0.15) is 84.6 Å². The number of carbonyl (C=O) groups excluding carboxylic acids is 20. The monoisotopic (exact) mass is 1790 g/mol. The number of aliphatic hydroxyl groups excluding tert-OH is 1. The molecule has 20 amide bonds. The molecule has 0 aliphatic heterocycles. The molecule has 0 aliphatic carbocycles. The van der Waals surface area contributed by atoms with E-state index in [1.165, 1.54) is 20.8 Å². The zero-order valence-electron chi connectivity index (χ0n) is 69.9. The summed E-state index contributed by atoms with van der Waals surface area (Å²) in [5, 5.41) is 63.5. The Morgan fingerprint density at radius 1 is 0.341 bits per heavy atom. The van der Waals surface area contributed by atoms with E-state index in [-0.39, 0.29) is 76.9 Å². The Labute approximate surface area is 721 Å². The van der Waals surface area contributed by atoms with E-state index in [9.17, 15) is 111 Å². The van der Waals surface area contributed by atoms with Crippen molar-refractivity contribution in [3.05, 3.63) is 0 Å². The third-order valence-corrected chi connectivity index (χ3v) is 19.4. The van der Waals surface area contributed by atoms with Crippen LogP contribution < -0.4 is 137 Å². The van der Waals surface area contributed by atoms with Crippen LogP contribution in [0.4, 0.5) is 0 Å². The van der Waals surface area contributed by atoms with Gasteiger partial charge < -0.3 is 147 Å². The van der Waals surface area contributed by atoms with Crippen LogP contribution in [0, 0.1) is 23.2 Å². The number of aliphatic hydroxyl groups is 1. The van der Waals surface area contributed by atoms with Gasteiger partial charge in [-0.05, 0) is 114 Å². The summed E-state index contributed by atoms with van der Waals surface area (Å²) in [6.45, 7) is 8.67. The fraction of sp³-hybridized carbons (Fsp3) is 0.694. The summed E-state index contributed by atoms with van der Waals surface area (Å²) >= 11 is 8.34. The number of aliphatic carboxylic acids is 1. The molecule has 0 bridgehead atoms. The van der Waals surface area contributed by atoms with Gasteiger partial charge in [-0.1, -0.05) is 48.0 Å². The summed E-state index contributed by atoms with van der Waals surface area (Å²) in [7, 11) is 0. The number of nitrogens with two attached hydrogens (primary N) is 10. The molecule has 49 nitrogen and oxygen atoms in total. The van der Waals surface area contributed by atoms with E-state index in [4.69, 9.17) is 62.7 Å². The maximum atomic E-state index is 14.5. The van der Waals surface area contributed by atoms with Crippen LogP contribution in [-0.2, 0) is 101 Å². The molecule has 0 saturated carbocycles. The number of thiol groups is 2. The van der Waals surface area contributed by atoms with Crippen molar-refractivity contribution >= 4 is 155 Å². The van der Waals surface area contributed by atoms with Crippen LogP contribution in [0.25, 0.3) is 0 Å². The van der Waals surface area contributed by atoms with Gasteiger partial charge in [-0.25, -0.2) is 4.79 Å². The van der Waals surface area contributed by atoms with Crippen molar-refractivity contribution < 1.29 is 111 Å². The molecule has 0 aromatic carbocycles. The normalized spacial score (nSPS) is 15.0. The lowest BCUT2D eigenvalue weighted by Gasteiger charge is -2.31. The fourth-order valence-electron chi connectivity index (χ4n) is 11.5. The van der Waals surface area contributed by atoms with Gasteiger partial charge in [0.25, 0.3) is 0 Å². The molecule has 0 fully saturated rings. The molecule has 0 aromatic rings. The maximum Gasteiger partial charge on any atom is 0.326 e. The molecule has 0 rings (SSSR count). The summed E-state index contributed by atoms with van der Waals surface area (Å²) in [4.78, 5) is 280. The minimum atomic E-state index is -2.10. The molecule has 0 unspecified atom stereocenters. The van der Waals surface area contributed by atoms with E-state index in [0.717, 1.165) is 0 Å². The average Bonchev–Trinajstić information content (AvgIpc) is 0.844. The molecule has 51 heteroatoms. The number of rotatable bonds is 65. The van der Waals surface area contributed by atoms with Gasteiger partial charge in [0, 0.05) is 43.7 Å². The summed E-state index contributed by atoms with van der Waals surface area (Å²) < 4.78 is 0. The van der Waals surface area contributed by atoms with Crippen molar-refractivity contribution in [1.29, 1.82) is 5.41 Å². The van der Waals surface area contributed by atoms with E-state index in [1.54, 1.807) is 20.8 Å². The van der Waals surface area contributed by atoms with Crippen molar-refractivity contribution in [3.8, 4) is 0 Å². The minimum Gasteiger partial charge on any atom is -0.480 e. The second kappa shape index (κ2) is 59.4. The molecule has 696 valence electrons. The predicted molar refractivity (Wildman–Crippen MR) is 447 cm³/mol. The van der Waals surface area contributed by atoms with Gasteiger partial charge in [-0.2, -0.15) is 25.3 Å². The van der Waals surface area contributed by atoms with Crippen LogP contribution in [0.15, 0.2) is 0 Å². The lowest BCUT2D eigenvalue weighted by molar-refractivity contribution is -0.143. The largest absolute Gasteiger partial charge is 0.480 e. The van der Waals surface area contributed by atoms with Crippen LogP contribution in [0.1, 0.15) is 170 Å². The molecule has 38 N–H and O–H groups in total. The van der Waals surface area contributed by atoms with Crippen molar-refractivity contribution in [1.82, 2.24) is 79.8 Å². The highest BCUT2D eigenvalue weighted by molar-refractivity contribution is 7.80. The van der Waals surface area contributed by atoms with E-state index in [2.05, 4.69) is 105 Å². The highest BCUT2D eigenvalue weighted by atomic mass is 32.1. The van der Waals surface area contributed by atoms with Crippen LogP contribution in [0.3, 0.4) is 0 Å². The molecule has 16 atom stereocenters. The Morgan fingerprint density at radius 3 is 0.992 bits per heavy atom. The van der Waals surface area contributed by atoms with Crippen molar-refractivity contribution in [2.24, 2.45) is 75.1 Å². The lowest BCUT2D eigenvalue weighted by Crippen LogP contribution is -2.62. The zero-order valence-corrected chi connectivity index (χ0v) is 71.7. The molecule has 0 radical (unpaired) electrons. The Balaban J connectivity index is 6.99. The number of hydrogen-bond donors (Lipinski definition) is 30. The number of nitrogens with one attached hydrogen (secondary N) is 16. The second-order valence-corrected chi connectivity index (χ2v) is 30.6. The van der Waals surface area contributed by atoms with Gasteiger partial charge in [-0.15, -0.1) is 0 Å². The lowest BCUT2D eigenvalue weighted by atomic mass is 9.95. The van der Waals surface area contributed by atoms with Gasteiger partial charge in [0.05, 0.1) is 25.5 Å².